The summed E-state index contributed by atoms with van der Waals surface area (Å²) < 4.78 is 38.8. The molecule has 4 nitrogen and oxygen atoms in total. The van der Waals surface area contributed by atoms with Gasteiger partial charge in [-0.05, 0) is 47.4 Å². The van der Waals surface area contributed by atoms with Gasteiger partial charge in [0, 0.05) is 18.8 Å². The molecule has 2 aromatic carbocycles. The Bertz CT molecular complexity index is 798. The van der Waals surface area contributed by atoms with Crippen molar-refractivity contribution in [2.45, 2.75) is 31.7 Å². The van der Waals surface area contributed by atoms with E-state index in [1.54, 1.807) is 29.2 Å². The number of hydrogen-bond acceptors (Lipinski definition) is 3. The first kappa shape index (κ1) is 23.1. The molecular formula is C18H19Cl2F3N2O2. The van der Waals surface area contributed by atoms with Crippen LogP contribution in [0.2, 0.25) is 0 Å². The molecule has 3 rings (SSSR count). The van der Waals surface area contributed by atoms with Crippen LogP contribution >= 0.6 is 24.8 Å². The fraction of sp³-hybridized carbons (Fsp3) is 0.278. The van der Waals surface area contributed by atoms with E-state index in [1.807, 2.05) is 0 Å². The van der Waals surface area contributed by atoms with Crippen molar-refractivity contribution in [3.05, 3.63) is 64.7 Å². The molecule has 9 heteroatoms. The fourth-order valence-corrected chi connectivity index (χ4v) is 3.08. The number of nitrogens with two attached hydrogens (primary N) is 1. The van der Waals surface area contributed by atoms with E-state index in [2.05, 4.69) is 0 Å². The fourth-order valence-electron chi connectivity index (χ4n) is 3.08. The van der Waals surface area contributed by atoms with E-state index < -0.39 is 23.8 Å². The van der Waals surface area contributed by atoms with E-state index in [0.717, 1.165) is 17.7 Å². The van der Waals surface area contributed by atoms with Gasteiger partial charge in [0.2, 0.25) is 0 Å². The van der Waals surface area contributed by atoms with E-state index in [1.165, 1.54) is 6.07 Å². The average Bonchev–Trinajstić information content (AvgIpc) is 2.54. The number of rotatable bonds is 3. The minimum atomic E-state index is -4.42. The van der Waals surface area contributed by atoms with Crippen LogP contribution in [-0.2, 0) is 30.5 Å². The normalized spacial score (nSPS) is 16.6. The molecule has 1 aliphatic rings. The van der Waals surface area contributed by atoms with Crippen molar-refractivity contribution in [1.82, 2.24) is 4.90 Å². The zero-order valence-electron chi connectivity index (χ0n) is 14.1. The monoisotopic (exact) mass is 422 g/mol. The van der Waals surface area contributed by atoms with Gasteiger partial charge in [-0.15, -0.1) is 24.8 Å². The molecule has 1 heterocycles. The predicted molar refractivity (Wildman–Crippen MR) is 101 cm³/mol. The summed E-state index contributed by atoms with van der Waals surface area (Å²) in [6, 6.07) is 9.73. The van der Waals surface area contributed by atoms with Gasteiger partial charge in [0.15, 0.2) is 0 Å². The third-order valence-electron chi connectivity index (χ3n) is 4.41. The standard InChI is InChI=1S/C18H17F3N2O2.2ClH/c19-18(20,21)14-4-3-12-8-16(17(24)25)23(10-13(12)7-14)9-11-1-5-15(22)6-2-11;;/h1-7,16H,8-10,22H2,(H,24,25);2*1H. The SMILES string of the molecule is Cl.Cl.Nc1ccc(CN2Cc3cc(C(F)(F)F)ccc3CC2C(=O)O)cc1. The van der Waals surface area contributed by atoms with Crippen LogP contribution in [0.4, 0.5) is 18.9 Å². The number of halogens is 5. The summed E-state index contributed by atoms with van der Waals surface area (Å²) in [6.07, 6.45) is -4.24. The van der Waals surface area contributed by atoms with Crippen LogP contribution in [0, 0.1) is 0 Å². The van der Waals surface area contributed by atoms with Gasteiger partial charge < -0.3 is 10.8 Å². The molecule has 148 valence electrons. The van der Waals surface area contributed by atoms with Crippen molar-refractivity contribution in [2.24, 2.45) is 0 Å². The van der Waals surface area contributed by atoms with Gasteiger partial charge in [0.25, 0.3) is 0 Å². The Morgan fingerprint density at radius 2 is 1.74 bits per heavy atom. The van der Waals surface area contributed by atoms with E-state index in [4.69, 9.17) is 5.73 Å². The molecule has 27 heavy (non-hydrogen) atoms. The molecule has 1 unspecified atom stereocenters. The summed E-state index contributed by atoms with van der Waals surface area (Å²) in [5, 5.41) is 9.50. The number of hydrogen-bond donors (Lipinski definition) is 2. The number of carboxylic acids is 1. The highest BCUT2D eigenvalue weighted by atomic mass is 35.5. The van der Waals surface area contributed by atoms with Crippen molar-refractivity contribution in [3.63, 3.8) is 0 Å². The van der Waals surface area contributed by atoms with Crippen LogP contribution in [0.3, 0.4) is 0 Å². The summed E-state index contributed by atoms with van der Waals surface area (Å²) in [6.45, 7) is 0.480. The molecule has 2 aromatic rings. The van der Waals surface area contributed by atoms with Gasteiger partial charge >= 0.3 is 12.1 Å². The summed E-state index contributed by atoms with van der Waals surface area (Å²) in [7, 11) is 0. The number of nitrogen functional groups attached to an aromatic ring is 1. The van der Waals surface area contributed by atoms with E-state index in [0.29, 0.717) is 23.4 Å². The first-order valence-electron chi connectivity index (χ1n) is 7.74. The summed E-state index contributed by atoms with van der Waals surface area (Å²) in [4.78, 5) is 13.3. The molecule has 1 aliphatic heterocycles. The number of anilines is 1. The molecule has 0 saturated carbocycles. The van der Waals surface area contributed by atoms with Gasteiger partial charge in [-0.3, -0.25) is 9.69 Å². The van der Waals surface area contributed by atoms with Gasteiger partial charge in [-0.25, -0.2) is 0 Å². The maximum absolute atomic E-state index is 12.9. The average molecular weight is 423 g/mol. The lowest BCUT2D eigenvalue weighted by molar-refractivity contribution is -0.144. The van der Waals surface area contributed by atoms with E-state index in [9.17, 15) is 23.1 Å². The minimum absolute atomic E-state index is 0. The van der Waals surface area contributed by atoms with Gasteiger partial charge in [0.05, 0.1) is 5.56 Å². The van der Waals surface area contributed by atoms with Crippen LogP contribution in [0.1, 0.15) is 22.3 Å². The highest BCUT2D eigenvalue weighted by Gasteiger charge is 2.35. The number of alkyl halides is 3. The Hall–Kier alpha value is -1.96. The molecule has 0 radical (unpaired) electrons. The van der Waals surface area contributed by atoms with Gasteiger partial charge in [-0.2, -0.15) is 13.2 Å². The van der Waals surface area contributed by atoms with Crippen LogP contribution in [0.15, 0.2) is 42.5 Å². The number of aliphatic carboxylic acids is 1. The predicted octanol–water partition coefficient (Wildman–Crippen LogP) is 4.14. The molecule has 3 N–H and O–H groups in total. The lowest BCUT2D eigenvalue weighted by Gasteiger charge is -2.34. The summed E-state index contributed by atoms with van der Waals surface area (Å²) >= 11 is 0. The molecule has 0 bridgehead atoms. The lowest BCUT2D eigenvalue weighted by atomic mass is 9.92. The third-order valence-corrected chi connectivity index (χ3v) is 4.41. The topological polar surface area (TPSA) is 66.6 Å². The highest BCUT2D eigenvalue weighted by Crippen LogP contribution is 2.33. The molecular weight excluding hydrogens is 404 g/mol. The van der Waals surface area contributed by atoms with Crippen LogP contribution in [-0.4, -0.2) is 22.0 Å². The number of benzene rings is 2. The second-order valence-electron chi connectivity index (χ2n) is 6.19. The van der Waals surface area contributed by atoms with E-state index >= 15 is 0 Å². The second kappa shape index (κ2) is 8.82. The Morgan fingerprint density at radius 3 is 2.30 bits per heavy atom. The first-order valence-corrected chi connectivity index (χ1v) is 7.74. The lowest BCUT2D eigenvalue weighted by Crippen LogP contribution is -2.45. The smallest absolute Gasteiger partial charge is 0.416 e. The number of nitrogens with zero attached hydrogens (tertiary/aromatic N) is 1. The van der Waals surface area contributed by atoms with Crippen molar-refractivity contribution < 1.29 is 23.1 Å². The second-order valence-corrected chi connectivity index (χ2v) is 6.19. The molecule has 0 saturated heterocycles. The molecule has 1 atom stereocenters. The first-order chi connectivity index (χ1) is 11.7. The van der Waals surface area contributed by atoms with Crippen LogP contribution < -0.4 is 5.73 Å². The Morgan fingerprint density at radius 1 is 1.11 bits per heavy atom. The molecule has 0 fully saturated rings. The number of carboxylic acid groups (broad SMARTS) is 1. The molecule has 0 spiro atoms. The van der Waals surface area contributed by atoms with Crippen LogP contribution in [0.5, 0.6) is 0 Å². The molecule has 0 aromatic heterocycles. The van der Waals surface area contributed by atoms with Gasteiger partial charge in [-0.1, -0.05) is 18.2 Å². The van der Waals surface area contributed by atoms with Crippen molar-refractivity contribution in [1.29, 1.82) is 0 Å². The van der Waals surface area contributed by atoms with Crippen LogP contribution in [0.25, 0.3) is 0 Å². The number of fused-ring (bicyclic) bond motifs is 1. The highest BCUT2D eigenvalue weighted by molar-refractivity contribution is 5.85. The zero-order chi connectivity index (χ0) is 18.2. The Kier molecular flexibility index (Phi) is 7.54. The molecule has 0 aliphatic carbocycles. The largest absolute Gasteiger partial charge is 0.480 e. The summed E-state index contributed by atoms with van der Waals surface area (Å²) in [5.41, 5.74) is 7.54. The van der Waals surface area contributed by atoms with Crippen molar-refractivity contribution in [2.75, 3.05) is 5.73 Å². The Labute approximate surface area is 167 Å². The van der Waals surface area contributed by atoms with E-state index in [-0.39, 0.29) is 37.8 Å². The Balaban J connectivity index is 0.00000182. The quantitative estimate of drug-likeness (QED) is 0.729. The van der Waals surface area contributed by atoms with Crippen molar-refractivity contribution in [3.8, 4) is 0 Å². The zero-order valence-corrected chi connectivity index (χ0v) is 15.7. The minimum Gasteiger partial charge on any atom is -0.480 e. The van der Waals surface area contributed by atoms with Crippen molar-refractivity contribution >= 4 is 36.5 Å². The van der Waals surface area contributed by atoms with Gasteiger partial charge in [0.1, 0.15) is 6.04 Å². The number of carbonyl (C=O) groups is 1. The maximum Gasteiger partial charge on any atom is 0.416 e. The third kappa shape index (κ3) is 5.28. The maximum atomic E-state index is 12.9. The summed E-state index contributed by atoms with van der Waals surface area (Å²) in [5.74, 6) is -0.985. The molecule has 0 amide bonds.